The molecule has 2 heteroatoms. The lowest BCUT2D eigenvalue weighted by molar-refractivity contribution is 0.0940. The summed E-state index contributed by atoms with van der Waals surface area (Å²) in [6, 6.07) is 7.78. The van der Waals surface area contributed by atoms with Crippen LogP contribution in [0.2, 0.25) is 0 Å². The van der Waals surface area contributed by atoms with Crippen LogP contribution in [0.25, 0.3) is 10.9 Å². The number of pyridine rings is 1. The molecule has 1 aromatic heterocycles. The highest BCUT2D eigenvalue weighted by atomic mass is 16.1. The number of hydrogen-bond acceptors (Lipinski definition) is 2. The van der Waals surface area contributed by atoms with Gasteiger partial charge in [-0.2, -0.15) is 0 Å². The maximum Gasteiger partial charge on any atom is 0.166 e. The molecule has 0 N–H and O–H groups in total. The van der Waals surface area contributed by atoms with E-state index in [1.54, 1.807) is 6.20 Å². The van der Waals surface area contributed by atoms with Gasteiger partial charge >= 0.3 is 0 Å². The van der Waals surface area contributed by atoms with Crippen LogP contribution in [0.15, 0.2) is 30.5 Å². The molecule has 0 saturated carbocycles. The Bertz CT molecular complexity index is 543. The first-order chi connectivity index (χ1) is 7.61. The molecule has 0 radical (unpaired) electrons. The van der Waals surface area contributed by atoms with Crippen molar-refractivity contribution in [3.8, 4) is 0 Å². The van der Waals surface area contributed by atoms with E-state index in [-0.39, 0.29) is 11.7 Å². The summed E-state index contributed by atoms with van der Waals surface area (Å²) in [7, 11) is 0. The maximum absolute atomic E-state index is 12.2. The molecule has 2 rings (SSSR count). The third kappa shape index (κ3) is 1.71. The van der Waals surface area contributed by atoms with Crippen molar-refractivity contribution in [3.05, 3.63) is 41.6 Å². The molecule has 1 heterocycles. The van der Waals surface area contributed by atoms with Crippen LogP contribution < -0.4 is 0 Å². The van der Waals surface area contributed by atoms with Crippen LogP contribution in [-0.4, -0.2) is 10.8 Å². The summed E-state index contributed by atoms with van der Waals surface area (Å²) in [5, 5.41) is 0.959. The molecule has 2 aromatic rings. The fraction of sp³-hybridized carbons (Fsp3) is 0.286. The summed E-state index contributed by atoms with van der Waals surface area (Å²) < 4.78 is 0. The van der Waals surface area contributed by atoms with E-state index in [0.29, 0.717) is 0 Å². The Morgan fingerprint density at radius 2 is 1.94 bits per heavy atom. The largest absolute Gasteiger partial charge is 0.294 e. The highest BCUT2D eigenvalue weighted by Crippen LogP contribution is 2.22. The van der Waals surface area contributed by atoms with Crippen LogP contribution in [0.5, 0.6) is 0 Å². The van der Waals surface area contributed by atoms with Crippen LogP contribution in [0.3, 0.4) is 0 Å². The summed E-state index contributed by atoms with van der Waals surface area (Å²) in [6.07, 6.45) is 1.78. The monoisotopic (exact) mass is 213 g/mol. The van der Waals surface area contributed by atoms with Gasteiger partial charge in [-0.05, 0) is 18.6 Å². The number of hydrogen-bond donors (Lipinski definition) is 0. The minimum Gasteiger partial charge on any atom is -0.294 e. The Balaban J connectivity index is 2.75. The zero-order valence-electron chi connectivity index (χ0n) is 9.82. The van der Waals surface area contributed by atoms with Gasteiger partial charge < -0.3 is 0 Å². The van der Waals surface area contributed by atoms with Gasteiger partial charge in [-0.25, -0.2) is 0 Å². The van der Waals surface area contributed by atoms with Gasteiger partial charge in [0.15, 0.2) is 5.78 Å². The number of aryl methyl sites for hydroxylation is 1. The van der Waals surface area contributed by atoms with Crippen LogP contribution >= 0.6 is 0 Å². The fourth-order valence-corrected chi connectivity index (χ4v) is 1.86. The highest BCUT2D eigenvalue weighted by molar-refractivity contribution is 6.09. The standard InChI is InChI=1S/C14H15NO/c1-9(2)14(16)13-10(3)8-15-12-7-5-4-6-11(12)13/h4-9H,1-3H3. The number of carbonyl (C=O) groups excluding carboxylic acids is 1. The van der Waals surface area contributed by atoms with Gasteiger partial charge in [-0.15, -0.1) is 0 Å². The van der Waals surface area contributed by atoms with Gasteiger partial charge in [0.05, 0.1) is 5.52 Å². The van der Waals surface area contributed by atoms with Gasteiger partial charge in [0.25, 0.3) is 0 Å². The van der Waals surface area contributed by atoms with Crippen molar-refractivity contribution < 1.29 is 4.79 Å². The van der Waals surface area contributed by atoms with Crippen molar-refractivity contribution in [1.29, 1.82) is 0 Å². The molecule has 0 atom stereocenters. The lowest BCUT2D eigenvalue weighted by Gasteiger charge is -2.10. The minimum absolute atomic E-state index is 0.0181. The van der Waals surface area contributed by atoms with Gasteiger partial charge in [0.1, 0.15) is 0 Å². The summed E-state index contributed by atoms with van der Waals surface area (Å²) in [5.41, 5.74) is 2.66. The molecule has 16 heavy (non-hydrogen) atoms. The second-order valence-corrected chi connectivity index (χ2v) is 4.35. The first kappa shape index (κ1) is 10.8. The van der Waals surface area contributed by atoms with Crippen molar-refractivity contribution in [2.24, 2.45) is 5.92 Å². The molecule has 2 nitrogen and oxygen atoms in total. The zero-order valence-corrected chi connectivity index (χ0v) is 9.82. The molecule has 0 amide bonds. The van der Waals surface area contributed by atoms with Crippen molar-refractivity contribution in [3.63, 3.8) is 0 Å². The first-order valence-corrected chi connectivity index (χ1v) is 5.50. The number of ketones is 1. The lowest BCUT2D eigenvalue weighted by atomic mass is 9.94. The van der Waals surface area contributed by atoms with Gasteiger partial charge in [0, 0.05) is 23.1 Å². The SMILES string of the molecule is Cc1cnc2ccccc2c1C(=O)C(C)C. The predicted molar refractivity (Wildman–Crippen MR) is 65.6 cm³/mol. The molecular weight excluding hydrogens is 198 g/mol. The molecule has 0 bridgehead atoms. The molecule has 0 aliphatic carbocycles. The van der Waals surface area contributed by atoms with Crippen LogP contribution in [0, 0.1) is 12.8 Å². The van der Waals surface area contributed by atoms with Gasteiger partial charge in [-0.1, -0.05) is 32.0 Å². The predicted octanol–water partition coefficient (Wildman–Crippen LogP) is 3.38. The Labute approximate surface area is 95.3 Å². The second kappa shape index (κ2) is 4.05. The van der Waals surface area contributed by atoms with E-state index in [1.807, 2.05) is 45.0 Å². The number of carbonyl (C=O) groups is 1. The molecule has 0 fully saturated rings. The highest BCUT2D eigenvalue weighted by Gasteiger charge is 2.16. The zero-order chi connectivity index (χ0) is 11.7. The lowest BCUT2D eigenvalue weighted by Crippen LogP contribution is -2.10. The van der Waals surface area contributed by atoms with Gasteiger partial charge in [-0.3, -0.25) is 9.78 Å². The fourth-order valence-electron chi connectivity index (χ4n) is 1.86. The molecular formula is C14H15NO. The van der Waals surface area contributed by atoms with Crippen LogP contribution in [-0.2, 0) is 0 Å². The Morgan fingerprint density at radius 1 is 1.25 bits per heavy atom. The molecule has 0 unspecified atom stereocenters. The number of rotatable bonds is 2. The van der Waals surface area contributed by atoms with Crippen LogP contribution in [0.1, 0.15) is 29.8 Å². The molecule has 0 aliphatic rings. The molecule has 0 spiro atoms. The number of Topliss-reactive ketones (excluding diaryl/α,β-unsaturated/α-hetero) is 1. The van der Waals surface area contributed by atoms with E-state index in [1.165, 1.54) is 0 Å². The van der Waals surface area contributed by atoms with E-state index in [2.05, 4.69) is 4.98 Å². The normalized spacial score (nSPS) is 11.0. The van der Waals surface area contributed by atoms with E-state index in [9.17, 15) is 4.79 Å². The first-order valence-electron chi connectivity index (χ1n) is 5.50. The smallest absolute Gasteiger partial charge is 0.166 e. The minimum atomic E-state index is 0.0181. The average molecular weight is 213 g/mol. The quantitative estimate of drug-likeness (QED) is 0.716. The average Bonchev–Trinajstić information content (AvgIpc) is 2.28. The summed E-state index contributed by atoms with van der Waals surface area (Å²) in [5.74, 6) is 0.209. The number of benzene rings is 1. The summed E-state index contributed by atoms with van der Waals surface area (Å²) >= 11 is 0. The Kier molecular flexibility index (Phi) is 2.73. The van der Waals surface area contributed by atoms with Crippen molar-refractivity contribution in [1.82, 2.24) is 4.98 Å². The topological polar surface area (TPSA) is 30.0 Å². The van der Waals surface area contributed by atoms with Crippen molar-refractivity contribution >= 4 is 16.7 Å². The van der Waals surface area contributed by atoms with E-state index >= 15 is 0 Å². The number of aromatic nitrogens is 1. The maximum atomic E-state index is 12.2. The van der Waals surface area contributed by atoms with E-state index in [4.69, 9.17) is 0 Å². The summed E-state index contributed by atoms with van der Waals surface area (Å²) in [4.78, 5) is 16.5. The number of para-hydroxylation sites is 1. The second-order valence-electron chi connectivity index (χ2n) is 4.35. The van der Waals surface area contributed by atoms with Crippen molar-refractivity contribution in [2.75, 3.05) is 0 Å². The van der Waals surface area contributed by atoms with E-state index < -0.39 is 0 Å². The molecule has 0 saturated heterocycles. The third-order valence-electron chi connectivity index (χ3n) is 2.74. The number of fused-ring (bicyclic) bond motifs is 1. The Hall–Kier alpha value is -1.70. The third-order valence-corrected chi connectivity index (χ3v) is 2.74. The van der Waals surface area contributed by atoms with Crippen LogP contribution in [0.4, 0.5) is 0 Å². The van der Waals surface area contributed by atoms with Gasteiger partial charge in [0.2, 0.25) is 0 Å². The Morgan fingerprint density at radius 3 is 2.62 bits per heavy atom. The number of nitrogens with zero attached hydrogens (tertiary/aromatic N) is 1. The molecule has 1 aromatic carbocycles. The van der Waals surface area contributed by atoms with Crippen molar-refractivity contribution in [2.45, 2.75) is 20.8 Å². The summed E-state index contributed by atoms with van der Waals surface area (Å²) in [6.45, 7) is 5.79. The molecule has 0 aliphatic heterocycles. The molecule has 82 valence electrons. The van der Waals surface area contributed by atoms with E-state index in [0.717, 1.165) is 22.0 Å².